The Hall–Kier alpha value is -4.06. The number of pyridine rings is 1. The lowest BCUT2D eigenvalue weighted by molar-refractivity contribution is -0.139. The SMILES string of the molecule is Cc1cc(-c2c(C)cc(F)cc2C)cc([C@H](CC(=O)O)NC(=O)[C@@H](CC(C)C)n2cc(CCN3CCC4(CC4)C3)c(C(F)(F)F)cc2=O)c1F. The number of halogens is 5. The topological polar surface area (TPSA) is 91.6 Å². The summed E-state index contributed by atoms with van der Waals surface area (Å²) in [6.07, 6.45) is -1.08. The number of carbonyl (C=O) groups excluding carboxylic acids is 1. The summed E-state index contributed by atoms with van der Waals surface area (Å²) >= 11 is 0. The van der Waals surface area contributed by atoms with Crippen LogP contribution in [-0.2, 0) is 22.2 Å². The third kappa shape index (κ3) is 8.28. The van der Waals surface area contributed by atoms with Gasteiger partial charge in [-0.15, -0.1) is 0 Å². The molecular weight excluding hydrogens is 657 g/mol. The highest BCUT2D eigenvalue weighted by atomic mass is 19.4. The highest BCUT2D eigenvalue weighted by Gasteiger charge is 2.47. The number of aromatic nitrogens is 1. The van der Waals surface area contributed by atoms with Crippen molar-refractivity contribution in [2.45, 2.75) is 91.4 Å². The van der Waals surface area contributed by atoms with Gasteiger partial charge in [0.05, 0.1) is 18.0 Å². The van der Waals surface area contributed by atoms with Crippen molar-refractivity contribution in [2.24, 2.45) is 11.3 Å². The monoisotopic (exact) mass is 701 g/mol. The number of aliphatic carboxylic acids is 1. The van der Waals surface area contributed by atoms with Gasteiger partial charge in [0.2, 0.25) is 5.91 Å². The highest BCUT2D eigenvalue weighted by molar-refractivity contribution is 5.82. The molecule has 270 valence electrons. The summed E-state index contributed by atoms with van der Waals surface area (Å²) in [7, 11) is 0. The number of likely N-dealkylation sites (tertiary alicyclic amines) is 1. The Labute approximate surface area is 288 Å². The second-order valence-corrected chi connectivity index (χ2v) is 14.6. The molecule has 7 nitrogen and oxygen atoms in total. The van der Waals surface area contributed by atoms with E-state index < -0.39 is 59.3 Å². The Bertz CT molecular complexity index is 1820. The van der Waals surface area contributed by atoms with Gasteiger partial charge in [0.1, 0.15) is 17.7 Å². The fraction of sp³-hybridized carbons (Fsp3) is 0.500. The quantitative estimate of drug-likeness (QED) is 0.189. The predicted molar refractivity (Wildman–Crippen MR) is 180 cm³/mol. The summed E-state index contributed by atoms with van der Waals surface area (Å²) in [4.78, 5) is 41.6. The summed E-state index contributed by atoms with van der Waals surface area (Å²) in [5, 5.41) is 12.4. The van der Waals surface area contributed by atoms with E-state index in [2.05, 4.69) is 10.2 Å². The van der Waals surface area contributed by atoms with Crippen LogP contribution in [0.25, 0.3) is 11.1 Å². The van der Waals surface area contributed by atoms with Crippen molar-refractivity contribution in [1.29, 1.82) is 0 Å². The maximum absolute atomic E-state index is 15.8. The van der Waals surface area contributed by atoms with Crippen LogP contribution in [0.1, 0.15) is 91.4 Å². The molecule has 3 aromatic rings. The molecule has 2 fully saturated rings. The van der Waals surface area contributed by atoms with Crippen LogP contribution >= 0.6 is 0 Å². The van der Waals surface area contributed by atoms with Crippen LogP contribution in [0.15, 0.2) is 41.3 Å². The number of carbonyl (C=O) groups is 2. The number of nitrogens with one attached hydrogen (secondary N) is 1. The molecule has 1 saturated heterocycles. The van der Waals surface area contributed by atoms with E-state index in [1.165, 1.54) is 25.1 Å². The van der Waals surface area contributed by atoms with E-state index in [0.717, 1.165) is 43.1 Å². The number of alkyl halides is 3. The van der Waals surface area contributed by atoms with Gasteiger partial charge in [-0.1, -0.05) is 13.8 Å². The molecule has 12 heteroatoms. The molecule has 1 aromatic heterocycles. The van der Waals surface area contributed by atoms with Crippen LogP contribution in [0, 0.1) is 43.7 Å². The normalized spacial score (nSPS) is 16.9. The van der Waals surface area contributed by atoms with Crippen molar-refractivity contribution in [2.75, 3.05) is 19.6 Å². The zero-order valence-corrected chi connectivity index (χ0v) is 29.0. The first-order chi connectivity index (χ1) is 23.4. The van der Waals surface area contributed by atoms with Crippen LogP contribution in [0.2, 0.25) is 0 Å². The summed E-state index contributed by atoms with van der Waals surface area (Å²) in [6, 6.07) is 3.46. The van der Waals surface area contributed by atoms with E-state index in [9.17, 15) is 37.1 Å². The number of carboxylic acid groups (broad SMARTS) is 1. The number of aryl methyl sites for hydroxylation is 3. The Morgan fingerprint density at radius 2 is 1.64 bits per heavy atom. The molecule has 0 bridgehead atoms. The van der Waals surface area contributed by atoms with E-state index >= 15 is 4.39 Å². The fourth-order valence-electron chi connectivity index (χ4n) is 7.42. The van der Waals surface area contributed by atoms with Crippen LogP contribution < -0.4 is 10.9 Å². The number of nitrogens with zero attached hydrogens (tertiary/aromatic N) is 2. The molecule has 2 heterocycles. The van der Waals surface area contributed by atoms with Gasteiger partial charge in [-0.25, -0.2) is 8.78 Å². The van der Waals surface area contributed by atoms with E-state index in [1.54, 1.807) is 33.8 Å². The largest absolute Gasteiger partial charge is 0.481 e. The number of hydrogen-bond acceptors (Lipinski definition) is 4. The van der Waals surface area contributed by atoms with Gasteiger partial charge in [-0.05, 0) is 128 Å². The Balaban J connectivity index is 1.51. The molecule has 1 aliphatic carbocycles. The van der Waals surface area contributed by atoms with Gasteiger partial charge >= 0.3 is 12.1 Å². The molecule has 2 atom stereocenters. The molecule has 2 aliphatic rings. The second kappa shape index (κ2) is 14.3. The van der Waals surface area contributed by atoms with Crippen molar-refractivity contribution in [1.82, 2.24) is 14.8 Å². The van der Waals surface area contributed by atoms with Gasteiger partial charge in [0.25, 0.3) is 5.56 Å². The van der Waals surface area contributed by atoms with Crippen molar-refractivity contribution in [3.63, 3.8) is 0 Å². The Morgan fingerprint density at radius 3 is 2.20 bits per heavy atom. The molecule has 2 N–H and O–H groups in total. The second-order valence-electron chi connectivity index (χ2n) is 14.6. The number of amides is 1. The summed E-state index contributed by atoms with van der Waals surface area (Å²) in [5.74, 6) is -3.56. The molecule has 1 aliphatic heterocycles. The first kappa shape index (κ1) is 37.2. The molecule has 0 radical (unpaired) electrons. The number of benzene rings is 2. The van der Waals surface area contributed by atoms with Crippen LogP contribution in [0.5, 0.6) is 0 Å². The van der Waals surface area contributed by atoms with Crippen molar-refractivity contribution in [3.8, 4) is 11.1 Å². The van der Waals surface area contributed by atoms with Gasteiger partial charge in [-0.3, -0.25) is 14.4 Å². The van der Waals surface area contributed by atoms with Crippen molar-refractivity contribution in [3.05, 3.63) is 91.9 Å². The number of carboxylic acids is 1. The third-order valence-corrected chi connectivity index (χ3v) is 10.1. The Kier molecular flexibility index (Phi) is 10.6. The average molecular weight is 702 g/mol. The molecule has 1 spiro atoms. The van der Waals surface area contributed by atoms with Gasteiger partial charge in [-0.2, -0.15) is 13.2 Å². The number of rotatable bonds is 12. The molecule has 1 amide bonds. The minimum Gasteiger partial charge on any atom is -0.481 e. The third-order valence-electron chi connectivity index (χ3n) is 10.1. The smallest absolute Gasteiger partial charge is 0.416 e. The van der Waals surface area contributed by atoms with Crippen LogP contribution in [0.3, 0.4) is 0 Å². The lowest BCUT2D eigenvalue weighted by Gasteiger charge is -2.27. The minimum absolute atomic E-state index is 0.0162. The fourth-order valence-corrected chi connectivity index (χ4v) is 7.42. The van der Waals surface area contributed by atoms with Gasteiger partial charge < -0.3 is 19.9 Å². The summed E-state index contributed by atoms with van der Waals surface area (Å²) < 4.78 is 73.5. The molecule has 0 unspecified atom stereocenters. The molecule has 2 aromatic carbocycles. The van der Waals surface area contributed by atoms with Crippen molar-refractivity contribution >= 4 is 11.9 Å². The maximum Gasteiger partial charge on any atom is 0.416 e. The standard InChI is InChI=1S/C38H44F5N3O4/c1-21(2)12-31(46-19-25(29(17-32(46)47)38(41,42)43)6-10-45-11-9-37(20-45)7-8-37)36(50)44-30(18-33(48)49)28-16-26(13-24(5)35(28)40)34-22(3)14-27(39)15-23(34)4/h13-17,19,21,30-31H,6-12,18,20H2,1-5H3,(H,44,50)(H,48,49)/t30-,31+/m0/s1. The molecule has 50 heavy (non-hydrogen) atoms. The summed E-state index contributed by atoms with van der Waals surface area (Å²) in [5.41, 5.74) is 0.400. The van der Waals surface area contributed by atoms with Gasteiger partial charge in [0, 0.05) is 30.9 Å². The predicted octanol–water partition coefficient (Wildman–Crippen LogP) is 7.69. The molecule has 5 rings (SSSR count). The van der Waals surface area contributed by atoms with Gasteiger partial charge in [0.15, 0.2) is 0 Å². The van der Waals surface area contributed by atoms with E-state index in [1.807, 2.05) is 0 Å². The van der Waals surface area contributed by atoms with Crippen LogP contribution in [0.4, 0.5) is 22.0 Å². The van der Waals surface area contributed by atoms with E-state index in [-0.39, 0.29) is 40.9 Å². The Morgan fingerprint density at radius 1 is 0.980 bits per heavy atom. The molecular formula is C38H44F5N3O4. The van der Waals surface area contributed by atoms with Crippen molar-refractivity contribution < 1.29 is 36.6 Å². The minimum atomic E-state index is -4.79. The zero-order chi connectivity index (χ0) is 36.7. The average Bonchev–Trinajstić information content (AvgIpc) is 3.64. The van der Waals surface area contributed by atoms with E-state index in [0.29, 0.717) is 34.9 Å². The molecule has 1 saturated carbocycles. The van der Waals surface area contributed by atoms with Crippen LogP contribution in [-0.4, -0.2) is 46.1 Å². The lowest BCUT2D eigenvalue weighted by Crippen LogP contribution is -2.41. The lowest BCUT2D eigenvalue weighted by atomic mass is 9.90. The zero-order valence-electron chi connectivity index (χ0n) is 29.0. The first-order valence-corrected chi connectivity index (χ1v) is 17.0. The first-order valence-electron chi connectivity index (χ1n) is 17.0. The summed E-state index contributed by atoms with van der Waals surface area (Å²) in [6.45, 7) is 10.4. The maximum atomic E-state index is 15.8. The highest BCUT2D eigenvalue weighted by Crippen LogP contribution is 2.52. The number of hydrogen-bond donors (Lipinski definition) is 2. The van der Waals surface area contributed by atoms with E-state index in [4.69, 9.17) is 0 Å².